The van der Waals surface area contributed by atoms with Gasteiger partial charge in [0.15, 0.2) is 5.69 Å². The number of amides is 1. The van der Waals surface area contributed by atoms with Gasteiger partial charge < -0.3 is 10.6 Å². The Hall–Kier alpha value is -2.86. The van der Waals surface area contributed by atoms with Gasteiger partial charge in [0.1, 0.15) is 0 Å². The van der Waals surface area contributed by atoms with Crippen LogP contribution in [0.2, 0.25) is 0 Å². The van der Waals surface area contributed by atoms with Gasteiger partial charge in [0.25, 0.3) is 5.91 Å². The molecule has 6 nitrogen and oxygen atoms in total. The van der Waals surface area contributed by atoms with E-state index in [0.29, 0.717) is 5.69 Å². The Morgan fingerprint density at radius 3 is 2.69 bits per heavy atom. The fourth-order valence-corrected chi connectivity index (χ4v) is 3.34. The van der Waals surface area contributed by atoms with Crippen molar-refractivity contribution in [1.82, 2.24) is 25.8 Å². The van der Waals surface area contributed by atoms with Crippen LogP contribution < -0.4 is 10.6 Å². The predicted octanol–water partition coefficient (Wildman–Crippen LogP) is 2.48. The Kier molecular flexibility index (Phi) is 4.58. The standard InChI is InChI=1S/C20H21N5O/c1-13-12-16(15-4-2-3-5-17(15)22-13)18-6-7-19(25-24-18)20(26)23-14-8-10-21-11-9-14/h2-7,12,14,21H,8-11H2,1H3,(H,23,26). The highest BCUT2D eigenvalue weighted by Gasteiger charge is 2.17. The van der Waals surface area contributed by atoms with Crippen molar-refractivity contribution in [1.29, 1.82) is 0 Å². The number of piperidine rings is 1. The summed E-state index contributed by atoms with van der Waals surface area (Å²) in [6.45, 7) is 3.83. The van der Waals surface area contributed by atoms with Crippen molar-refractivity contribution in [3.8, 4) is 11.3 Å². The molecule has 0 spiro atoms. The Morgan fingerprint density at radius 2 is 1.92 bits per heavy atom. The fraction of sp³-hybridized carbons (Fsp3) is 0.300. The molecule has 1 amide bonds. The number of carbonyl (C=O) groups is 1. The average molecular weight is 347 g/mol. The molecule has 0 unspecified atom stereocenters. The Morgan fingerprint density at radius 1 is 1.12 bits per heavy atom. The van der Waals surface area contributed by atoms with Crippen molar-refractivity contribution in [2.24, 2.45) is 0 Å². The molecule has 1 aliphatic rings. The van der Waals surface area contributed by atoms with Crippen molar-refractivity contribution in [2.75, 3.05) is 13.1 Å². The van der Waals surface area contributed by atoms with Gasteiger partial charge in [0.05, 0.1) is 11.2 Å². The van der Waals surface area contributed by atoms with E-state index in [2.05, 4.69) is 25.8 Å². The van der Waals surface area contributed by atoms with E-state index < -0.39 is 0 Å². The first-order valence-electron chi connectivity index (χ1n) is 8.93. The van der Waals surface area contributed by atoms with Crippen LogP contribution in [0.25, 0.3) is 22.2 Å². The maximum Gasteiger partial charge on any atom is 0.272 e. The van der Waals surface area contributed by atoms with Gasteiger partial charge >= 0.3 is 0 Å². The van der Waals surface area contributed by atoms with Gasteiger partial charge in [0.2, 0.25) is 0 Å². The van der Waals surface area contributed by atoms with E-state index in [9.17, 15) is 4.79 Å². The van der Waals surface area contributed by atoms with Crippen LogP contribution >= 0.6 is 0 Å². The minimum Gasteiger partial charge on any atom is -0.348 e. The third-order valence-corrected chi connectivity index (χ3v) is 4.69. The van der Waals surface area contributed by atoms with Gasteiger partial charge in [-0.2, -0.15) is 0 Å². The molecule has 4 rings (SSSR count). The highest BCUT2D eigenvalue weighted by molar-refractivity contribution is 5.95. The van der Waals surface area contributed by atoms with Crippen molar-refractivity contribution in [2.45, 2.75) is 25.8 Å². The number of para-hydroxylation sites is 1. The van der Waals surface area contributed by atoms with E-state index in [4.69, 9.17) is 0 Å². The number of aryl methyl sites for hydroxylation is 1. The molecule has 0 saturated carbocycles. The summed E-state index contributed by atoms with van der Waals surface area (Å²) in [5.41, 5.74) is 3.92. The molecule has 0 atom stereocenters. The summed E-state index contributed by atoms with van der Waals surface area (Å²) < 4.78 is 0. The maximum atomic E-state index is 12.4. The topological polar surface area (TPSA) is 79.8 Å². The lowest BCUT2D eigenvalue weighted by Gasteiger charge is -2.23. The van der Waals surface area contributed by atoms with Gasteiger partial charge in [0, 0.05) is 22.7 Å². The first-order chi connectivity index (χ1) is 12.7. The summed E-state index contributed by atoms with van der Waals surface area (Å²) in [7, 11) is 0. The summed E-state index contributed by atoms with van der Waals surface area (Å²) in [5.74, 6) is -0.160. The van der Waals surface area contributed by atoms with Crippen LogP contribution in [0.3, 0.4) is 0 Å². The monoisotopic (exact) mass is 347 g/mol. The smallest absolute Gasteiger partial charge is 0.272 e. The number of pyridine rings is 1. The first-order valence-corrected chi connectivity index (χ1v) is 8.93. The predicted molar refractivity (Wildman–Crippen MR) is 101 cm³/mol. The van der Waals surface area contributed by atoms with Gasteiger partial charge in [-0.3, -0.25) is 9.78 Å². The number of nitrogens with zero attached hydrogens (tertiary/aromatic N) is 3. The van der Waals surface area contributed by atoms with E-state index in [1.807, 2.05) is 43.3 Å². The molecule has 0 aliphatic carbocycles. The zero-order chi connectivity index (χ0) is 17.9. The van der Waals surface area contributed by atoms with Crippen LogP contribution in [0.1, 0.15) is 29.0 Å². The molecule has 2 N–H and O–H groups in total. The Balaban J connectivity index is 1.59. The number of hydrogen-bond donors (Lipinski definition) is 2. The van der Waals surface area contributed by atoms with Crippen molar-refractivity contribution >= 4 is 16.8 Å². The van der Waals surface area contributed by atoms with Crippen LogP contribution in [-0.2, 0) is 0 Å². The van der Waals surface area contributed by atoms with Crippen molar-refractivity contribution < 1.29 is 4.79 Å². The largest absolute Gasteiger partial charge is 0.348 e. The minimum absolute atomic E-state index is 0.160. The second kappa shape index (κ2) is 7.17. The fourth-order valence-electron chi connectivity index (χ4n) is 3.34. The maximum absolute atomic E-state index is 12.4. The van der Waals surface area contributed by atoms with Crippen LogP contribution in [0.4, 0.5) is 0 Å². The molecule has 3 aromatic rings. The average Bonchev–Trinajstić information content (AvgIpc) is 2.68. The summed E-state index contributed by atoms with van der Waals surface area (Å²) in [6, 6.07) is 13.8. The lowest BCUT2D eigenvalue weighted by Crippen LogP contribution is -2.43. The number of carbonyl (C=O) groups excluding carboxylic acids is 1. The highest BCUT2D eigenvalue weighted by Crippen LogP contribution is 2.26. The summed E-state index contributed by atoms with van der Waals surface area (Å²) in [5, 5.41) is 15.8. The molecule has 2 aromatic heterocycles. The van der Waals surface area contributed by atoms with Crippen LogP contribution in [-0.4, -0.2) is 40.2 Å². The molecule has 1 fully saturated rings. The quantitative estimate of drug-likeness (QED) is 0.761. The lowest BCUT2D eigenvalue weighted by atomic mass is 10.0. The molecular weight excluding hydrogens is 326 g/mol. The SMILES string of the molecule is Cc1cc(-c2ccc(C(=O)NC3CCNCC3)nn2)c2ccccc2n1. The zero-order valence-corrected chi connectivity index (χ0v) is 14.7. The molecule has 1 aromatic carbocycles. The van der Waals surface area contributed by atoms with Crippen LogP contribution in [0.15, 0.2) is 42.5 Å². The first kappa shape index (κ1) is 16.6. The van der Waals surface area contributed by atoms with Gasteiger partial charge in [-0.25, -0.2) is 0 Å². The number of rotatable bonds is 3. The van der Waals surface area contributed by atoms with E-state index in [1.54, 1.807) is 6.07 Å². The summed E-state index contributed by atoms with van der Waals surface area (Å²) in [6.07, 6.45) is 1.89. The molecular formula is C20H21N5O. The molecule has 6 heteroatoms. The zero-order valence-electron chi connectivity index (χ0n) is 14.7. The number of nitrogens with one attached hydrogen (secondary N) is 2. The summed E-state index contributed by atoms with van der Waals surface area (Å²) in [4.78, 5) is 16.9. The van der Waals surface area contributed by atoms with Crippen LogP contribution in [0, 0.1) is 6.92 Å². The third-order valence-electron chi connectivity index (χ3n) is 4.69. The number of hydrogen-bond acceptors (Lipinski definition) is 5. The van der Waals surface area contributed by atoms with Crippen molar-refractivity contribution in [3.63, 3.8) is 0 Å². The molecule has 132 valence electrons. The van der Waals surface area contributed by atoms with Gasteiger partial charge in [-0.05, 0) is 57.1 Å². The minimum atomic E-state index is -0.160. The summed E-state index contributed by atoms with van der Waals surface area (Å²) >= 11 is 0. The molecule has 3 heterocycles. The Bertz CT molecular complexity index is 933. The van der Waals surface area contributed by atoms with E-state index in [1.165, 1.54) is 0 Å². The van der Waals surface area contributed by atoms with E-state index in [0.717, 1.165) is 53.8 Å². The second-order valence-electron chi connectivity index (χ2n) is 6.63. The lowest BCUT2D eigenvalue weighted by molar-refractivity contribution is 0.0923. The van der Waals surface area contributed by atoms with Crippen molar-refractivity contribution in [3.05, 3.63) is 53.9 Å². The Labute approximate surface area is 152 Å². The third kappa shape index (κ3) is 3.41. The highest BCUT2D eigenvalue weighted by atomic mass is 16.2. The molecule has 1 aliphatic heterocycles. The van der Waals surface area contributed by atoms with E-state index >= 15 is 0 Å². The molecule has 0 bridgehead atoms. The van der Waals surface area contributed by atoms with Crippen LogP contribution in [0.5, 0.6) is 0 Å². The molecule has 26 heavy (non-hydrogen) atoms. The second-order valence-corrected chi connectivity index (χ2v) is 6.63. The van der Waals surface area contributed by atoms with Gasteiger partial charge in [-0.15, -0.1) is 10.2 Å². The normalized spacial score (nSPS) is 15.1. The number of benzene rings is 1. The van der Waals surface area contributed by atoms with E-state index in [-0.39, 0.29) is 11.9 Å². The molecule has 0 radical (unpaired) electrons. The van der Waals surface area contributed by atoms with Gasteiger partial charge in [-0.1, -0.05) is 18.2 Å². The molecule has 1 saturated heterocycles. The number of aromatic nitrogens is 3. The number of fused-ring (bicyclic) bond motifs is 1.